The molecule has 1 N–H and O–H groups in total. The first kappa shape index (κ1) is 16.5. The zero-order valence-electron chi connectivity index (χ0n) is 8.65. The van der Waals surface area contributed by atoms with E-state index >= 15 is 0 Å². The Kier molecular flexibility index (Phi) is 14.6. The molecule has 3 heteroatoms. The molecule has 8 heavy (non-hydrogen) atoms. The summed E-state index contributed by atoms with van der Waals surface area (Å²) < 4.78 is 0. The number of hydrogen-bond acceptors (Lipinski definition) is 1. The van der Waals surface area contributed by atoms with Gasteiger partial charge in [-0.3, -0.25) is 0 Å². The smallest absolute Gasteiger partial charge is 1.00 e. The summed E-state index contributed by atoms with van der Waals surface area (Å²) in [6.07, 6.45) is 0.826. The summed E-state index contributed by atoms with van der Waals surface area (Å²) in [7, 11) is 0. The Morgan fingerprint density at radius 1 is 1.38 bits per heavy atom. The van der Waals surface area contributed by atoms with Crippen molar-refractivity contribution in [3.63, 3.8) is 0 Å². The second-order valence-electron chi connectivity index (χ2n) is 2.17. The molecule has 42 valence electrons. The zero-order chi connectivity index (χ0) is 5.21. The molecule has 0 aliphatic carbocycles. The van der Waals surface area contributed by atoms with Crippen molar-refractivity contribution in [2.75, 3.05) is 0 Å². The fourth-order valence-electron chi connectivity index (χ4n) is 0. The van der Waals surface area contributed by atoms with Crippen LogP contribution in [-0.4, -0.2) is 10.7 Å². The van der Waals surface area contributed by atoms with Crippen LogP contribution in [-0.2, 0) is 0 Å². The maximum absolute atomic E-state index is 8.83. The first-order valence-corrected chi connectivity index (χ1v) is 2.28. The summed E-state index contributed by atoms with van der Waals surface area (Å²) in [5, 5.41) is 8.83. The van der Waals surface area contributed by atoms with E-state index in [4.69, 9.17) is 5.11 Å². The minimum atomic E-state index is -0.458. The largest absolute Gasteiger partial charge is 1.00 e. The van der Waals surface area contributed by atoms with Gasteiger partial charge in [-0.2, -0.15) is 0 Å². The average molecular weight is 136 g/mol. The molecule has 0 saturated heterocycles. The number of aliphatic hydroxyl groups is 1. The van der Waals surface area contributed by atoms with Gasteiger partial charge in [0, 0.05) is 0 Å². The van der Waals surface area contributed by atoms with Gasteiger partial charge in [-0.05, 0) is 20.3 Å². The number of hydrogen-bond donors (Lipinski definition) is 1. The molecule has 0 amide bonds. The molecular weight excluding hydrogens is 122 g/mol. The Balaban J connectivity index is -0.0000000208. The van der Waals surface area contributed by atoms with Crippen molar-refractivity contribution in [1.29, 1.82) is 0 Å². The molecule has 0 aromatic rings. The molecule has 0 aliphatic heterocycles. The van der Waals surface area contributed by atoms with Crippen molar-refractivity contribution in [2.24, 2.45) is 0 Å². The molecule has 0 saturated carbocycles. The van der Waals surface area contributed by atoms with Crippen LogP contribution in [0.15, 0.2) is 0 Å². The Morgan fingerprint density at radius 3 is 1.50 bits per heavy atom. The monoisotopic (exact) mass is 136 g/mol. The molecular formula is C5H14Na2O. The van der Waals surface area contributed by atoms with E-state index in [1.807, 2.05) is 6.92 Å². The maximum Gasteiger partial charge on any atom is 1.00 e. The fraction of sp³-hybridized carbons (Fsp3) is 1.00. The van der Waals surface area contributed by atoms with Crippen molar-refractivity contribution in [2.45, 2.75) is 32.8 Å². The maximum atomic E-state index is 8.83. The Morgan fingerprint density at radius 2 is 1.50 bits per heavy atom. The minimum absolute atomic E-state index is 0. The SMILES string of the molecule is CCC(C)(C)O.[H-].[H-].[Na+].[Na+]. The van der Waals surface area contributed by atoms with Gasteiger partial charge in [-0.1, -0.05) is 6.92 Å². The van der Waals surface area contributed by atoms with Gasteiger partial charge in [0.15, 0.2) is 0 Å². The van der Waals surface area contributed by atoms with Gasteiger partial charge in [0.1, 0.15) is 0 Å². The van der Waals surface area contributed by atoms with Gasteiger partial charge >= 0.3 is 59.1 Å². The summed E-state index contributed by atoms with van der Waals surface area (Å²) in [6, 6.07) is 0. The van der Waals surface area contributed by atoms with Crippen LogP contribution in [0.3, 0.4) is 0 Å². The molecule has 0 rings (SSSR count). The zero-order valence-corrected chi connectivity index (χ0v) is 10.7. The fourth-order valence-corrected chi connectivity index (χ4v) is 0. The van der Waals surface area contributed by atoms with Gasteiger partial charge in [0.2, 0.25) is 0 Å². The third-order valence-corrected chi connectivity index (χ3v) is 0.865. The molecule has 0 aliphatic rings. The molecule has 0 bridgehead atoms. The van der Waals surface area contributed by atoms with E-state index in [9.17, 15) is 0 Å². The Bertz CT molecular complexity index is 47.4. The molecule has 1 nitrogen and oxygen atoms in total. The third kappa shape index (κ3) is 15.7. The van der Waals surface area contributed by atoms with Crippen LogP contribution in [0.25, 0.3) is 0 Å². The van der Waals surface area contributed by atoms with Crippen LogP contribution >= 0.6 is 0 Å². The normalized spacial score (nSPS) is 9.00. The van der Waals surface area contributed by atoms with E-state index in [0.29, 0.717) is 0 Å². The summed E-state index contributed by atoms with van der Waals surface area (Å²) in [4.78, 5) is 0. The Labute approximate surface area is 98.8 Å². The molecule has 0 aromatic heterocycles. The summed E-state index contributed by atoms with van der Waals surface area (Å²) in [6.45, 7) is 5.56. The van der Waals surface area contributed by atoms with Crippen LogP contribution in [0, 0.1) is 0 Å². The quantitative estimate of drug-likeness (QED) is 0.360. The predicted molar refractivity (Wildman–Crippen MR) is 28.8 cm³/mol. The topological polar surface area (TPSA) is 20.2 Å². The molecule has 0 aromatic carbocycles. The van der Waals surface area contributed by atoms with Gasteiger partial charge in [-0.15, -0.1) is 0 Å². The summed E-state index contributed by atoms with van der Waals surface area (Å²) in [5.41, 5.74) is -0.458. The predicted octanol–water partition coefficient (Wildman–Crippen LogP) is -4.60. The van der Waals surface area contributed by atoms with E-state index in [0.717, 1.165) is 6.42 Å². The standard InChI is InChI=1S/C5H12O.2Na.2H/c1-4-5(2,3)6;;;;/h6H,4H2,1-3H3;;;;/q;2*+1;2*-1. The molecule has 0 fully saturated rings. The van der Waals surface area contributed by atoms with Gasteiger partial charge in [0.05, 0.1) is 5.60 Å². The number of rotatable bonds is 1. The van der Waals surface area contributed by atoms with E-state index in [2.05, 4.69) is 0 Å². The summed E-state index contributed by atoms with van der Waals surface area (Å²) in [5.74, 6) is 0. The Hall–Kier alpha value is 1.96. The van der Waals surface area contributed by atoms with Gasteiger partial charge < -0.3 is 7.96 Å². The third-order valence-electron chi connectivity index (χ3n) is 0.865. The minimum Gasteiger partial charge on any atom is -1.00 e. The van der Waals surface area contributed by atoms with E-state index < -0.39 is 5.60 Å². The second-order valence-corrected chi connectivity index (χ2v) is 2.17. The first-order valence-electron chi connectivity index (χ1n) is 2.28. The molecule has 0 unspecified atom stereocenters. The van der Waals surface area contributed by atoms with Gasteiger partial charge in [-0.25, -0.2) is 0 Å². The van der Waals surface area contributed by atoms with Crippen LogP contribution in [0.4, 0.5) is 0 Å². The van der Waals surface area contributed by atoms with Crippen molar-refractivity contribution in [3.05, 3.63) is 0 Å². The molecule has 0 radical (unpaired) electrons. The van der Waals surface area contributed by atoms with Crippen molar-refractivity contribution in [3.8, 4) is 0 Å². The van der Waals surface area contributed by atoms with E-state index in [1.165, 1.54) is 0 Å². The van der Waals surface area contributed by atoms with Crippen molar-refractivity contribution >= 4 is 0 Å². The van der Waals surface area contributed by atoms with Crippen LogP contribution in [0.5, 0.6) is 0 Å². The molecule has 0 atom stereocenters. The van der Waals surface area contributed by atoms with Crippen LogP contribution < -0.4 is 59.1 Å². The molecule has 0 spiro atoms. The van der Waals surface area contributed by atoms with Crippen LogP contribution in [0.1, 0.15) is 30.0 Å². The van der Waals surface area contributed by atoms with E-state index in [-0.39, 0.29) is 62.0 Å². The van der Waals surface area contributed by atoms with Crippen molar-refractivity contribution in [1.82, 2.24) is 0 Å². The summed E-state index contributed by atoms with van der Waals surface area (Å²) >= 11 is 0. The van der Waals surface area contributed by atoms with Crippen LogP contribution in [0.2, 0.25) is 0 Å². The second kappa shape index (κ2) is 7.07. The van der Waals surface area contributed by atoms with E-state index in [1.54, 1.807) is 13.8 Å². The average Bonchev–Trinajstić information content (AvgIpc) is 1.35. The van der Waals surface area contributed by atoms with Gasteiger partial charge in [0.25, 0.3) is 0 Å². The van der Waals surface area contributed by atoms with Crippen molar-refractivity contribution < 1.29 is 67.1 Å². The molecule has 0 heterocycles. The first-order chi connectivity index (χ1) is 2.56.